The number of hydrogen-bond donors (Lipinski definition) is 0. The lowest BCUT2D eigenvalue weighted by Gasteiger charge is -2.29. The van der Waals surface area contributed by atoms with E-state index in [1.165, 1.54) is 44.1 Å². The molecular formula is C15H26N2. The van der Waals surface area contributed by atoms with Gasteiger partial charge in [0, 0.05) is 12.4 Å². The van der Waals surface area contributed by atoms with E-state index in [-0.39, 0.29) is 5.41 Å². The number of aromatic nitrogens is 2. The van der Waals surface area contributed by atoms with Crippen LogP contribution in [-0.2, 0) is 5.41 Å². The molecule has 0 N–H and O–H groups in total. The highest BCUT2D eigenvalue weighted by Crippen LogP contribution is 2.34. The Labute approximate surface area is 106 Å². The first-order chi connectivity index (χ1) is 8.12. The SMILES string of the molecule is CCCCC(C)(CCCC)c1cnc(C)nc1. The molecule has 0 aliphatic carbocycles. The van der Waals surface area contributed by atoms with Crippen LogP contribution in [0.1, 0.15) is 70.7 Å². The van der Waals surface area contributed by atoms with Gasteiger partial charge in [-0.1, -0.05) is 46.5 Å². The average molecular weight is 234 g/mol. The maximum absolute atomic E-state index is 4.35. The topological polar surface area (TPSA) is 25.8 Å². The van der Waals surface area contributed by atoms with Gasteiger partial charge in [0.25, 0.3) is 0 Å². The second kappa shape index (κ2) is 6.73. The molecule has 0 saturated carbocycles. The molecule has 0 atom stereocenters. The van der Waals surface area contributed by atoms with Crippen LogP contribution in [0.2, 0.25) is 0 Å². The molecule has 17 heavy (non-hydrogen) atoms. The van der Waals surface area contributed by atoms with Crippen molar-refractivity contribution in [1.29, 1.82) is 0 Å². The van der Waals surface area contributed by atoms with E-state index in [0.717, 1.165) is 5.82 Å². The minimum Gasteiger partial charge on any atom is -0.241 e. The summed E-state index contributed by atoms with van der Waals surface area (Å²) in [6.45, 7) is 8.82. The van der Waals surface area contributed by atoms with Gasteiger partial charge in [-0.05, 0) is 30.7 Å². The molecule has 1 aromatic rings. The number of unbranched alkanes of at least 4 members (excludes halogenated alkanes) is 2. The van der Waals surface area contributed by atoms with Crippen LogP contribution < -0.4 is 0 Å². The summed E-state index contributed by atoms with van der Waals surface area (Å²) >= 11 is 0. The predicted molar refractivity (Wildman–Crippen MR) is 73.2 cm³/mol. The van der Waals surface area contributed by atoms with Gasteiger partial charge in [-0.3, -0.25) is 0 Å². The Morgan fingerprint density at radius 1 is 1.00 bits per heavy atom. The zero-order chi connectivity index (χ0) is 12.7. The second-order valence-electron chi connectivity index (χ2n) is 5.29. The van der Waals surface area contributed by atoms with Crippen molar-refractivity contribution < 1.29 is 0 Å². The molecule has 0 aliphatic rings. The first kappa shape index (κ1) is 14.1. The zero-order valence-corrected chi connectivity index (χ0v) is 11.8. The highest BCUT2D eigenvalue weighted by molar-refractivity contribution is 5.18. The largest absolute Gasteiger partial charge is 0.241 e. The predicted octanol–water partition coefficient (Wildman–Crippen LogP) is 4.42. The molecule has 0 aromatic carbocycles. The minimum atomic E-state index is 0.264. The number of aryl methyl sites for hydroxylation is 1. The van der Waals surface area contributed by atoms with Crippen molar-refractivity contribution in [2.24, 2.45) is 0 Å². The molecule has 0 saturated heterocycles. The van der Waals surface area contributed by atoms with E-state index in [1.807, 2.05) is 19.3 Å². The summed E-state index contributed by atoms with van der Waals surface area (Å²) in [6.07, 6.45) is 11.6. The lowest BCUT2D eigenvalue weighted by molar-refractivity contribution is 0.372. The summed E-state index contributed by atoms with van der Waals surface area (Å²) in [5.74, 6) is 0.863. The normalized spacial score (nSPS) is 11.8. The van der Waals surface area contributed by atoms with E-state index in [0.29, 0.717) is 0 Å². The van der Waals surface area contributed by atoms with Crippen LogP contribution in [0.15, 0.2) is 12.4 Å². The zero-order valence-electron chi connectivity index (χ0n) is 11.8. The molecule has 96 valence electrons. The maximum Gasteiger partial charge on any atom is 0.125 e. The Bertz CT molecular complexity index is 308. The fraction of sp³-hybridized carbons (Fsp3) is 0.733. The Balaban J connectivity index is 2.83. The van der Waals surface area contributed by atoms with Crippen LogP contribution in [0, 0.1) is 6.92 Å². The summed E-state index contributed by atoms with van der Waals surface area (Å²) in [7, 11) is 0. The third kappa shape index (κ3) is 4.10. The average Bonchev–Trinajstić information content (AvgIpc) is 2.34. The van der Waals surface area contributed by atoms with E-state index in [2.05, 4.69) is 30.7 Å². The first-order valence-electron chi connectivity index (χ1n) is 6.91. The standard InChI is InChI=1S/C15H26N2/c1-5-7-9-15(4,10-8-6-2)14-11-16-13(3)17-12-14/h11-12H,5-10H2,1-4H3. The number of hydrogen-bond acceptors (Lipinski definition) is 2. The van der Waals surface area contributed by atoms with Gasteiger partial charge >= 0.3 is 0 Å². The van der Waals surface area contributed by atoms with Crippen molar-refractivity contribution in [3.05, 3.63) is 23.8 Å². The number of nitrogens with zero attached hydrogens (tertiary/aromatic N) is 2. The van der Waals surface area contributed by atoms with Crippen LogP contribution in [0.3, 0.4) is 0 Å². The molecule has 1 aromatic heterocycles. The molecule has 0 unspecified atom stereocenters. The van der Waals surface area contributed by atoms with Gasteiger partial charge in [0.1, 0.15) is 5.82 Å². The van der Waals surface area contributed by atoms with Crippen molar-refractivity contribution in [3.63, 3.8) is 0 Å². The molecule has 2 nitrogen and oxygen atoms in total. The van der Waals surface area contributed by atoms with Crippen LogP contribution in [0.25, 0.3) is 0 Å². The van der Waals surface area contributed by atoms with E-state index >= 15 is 0 Å². The van der Waals surface area contributed by atoms with Crippen molar-refractivity contribution >= 4 is 0 Å². The van der Waals surface area contributed by atoms with Gasteiger partial charge in [-0.25, -0.2) is 9.97 Å². The summed E-state index contributed by atoms with van der Waals surface area (Å²) in [6, 6.07) is 0. The van der Waals surface area contributed by atoms with Gasteiger partial charge in [0.05, 0.1) is 0 Å². The van der Waals surface area contributed by atoms with Crippen molar-refractivity contribution in [2.75, 3.05) is 0 Å². The summed E-state index contributed by atoms with van der Waals surface area (Å²) in [5.41, 5.74) is 1.57. The van der Waals surface area contributed by atoms with Crippen LogP contribution in [0.5, 0.6) is 0 Å². The molecular weight excluding hydrogens is 208 g/mol. The van der Waals surface area contributed by atoms with Gasteiger partial charge < -0.3 is 0 Å². The van der Waals surface area contributed by atoms with Gasteiger partial charge in [-0.2, -0.15) is 0 Å². The third-order valence-corrected chi connectivity index (χ3v) is 3.64. The van der Waals surface area contributed by atoms with Crippen molar-refractivity contribution in [3.8, 4) is 0 Å². The van der Waals surface area contributed by atoms with E-state index in [4.69, 9.17) is 0 Å². The second-order valence-corrected chi connectivity index (χ2v) is 5.29. The Kier molecular flexibility index (Phi) is 5.60. The molecule has 0 aliphatic heterocycles. The first-order valence-corrected chi connectivity index (χ1v) is 6.91. The Morgan fingerprint density at radius 2 is 1.47 bits per heavy atom. The van der Waals surface area contributed by atoms with Crippen LogP contribution in [-0.4, -0.2) is 9.97 Å². The lowest BCUT2D eigenvalue weighted by Crippen LogP contribution is -2.22. The van der Waals surface area contributed by atoms with Gasteiger partial charge in [0.15, 0.2) is 0 Å². The molecule has 0 bridgehead atoms. The molecule has 1 heterocycles. The summed E-state index contributed by atoms with van der Waals surface area (Å²) in [4.78, 5) is 8.70. The Hall–Kier alpha value is -0.920. The van der Waals surface area contributed by atoms with Gasteiger partial charge in [0.2, 0.25) is 0 Å². The summed E-state index contributed by atoms with van der Waals surface area (Å²) in [5, 5.41) is 0. The van der Waals surface area contributed by atoms with E-state index in [9.17, 15) is 0 Å². The quantitative estimate of drug-likeness (QED) is 0.697. The monoisotopic (exact) mass is 234 g/mol. The highest BCUT2D eigenvalue weighted by atomic mass is 14.8. The minimum absolute atomic E-state index is 0.264. The maximum atomic E-state index is 4.35. The molecule has 0 radical (unpaired) electrons. The smallest absolute Gasteiger partial charge is 0.125 e. The molecule has 2 heteroatoms. The molecule has 1 rings (SSSR count). The van der Waals surface area contributed by atoms with Crippen LogP contribution in [0.4, 0.5) is 0 Å². The highest BCUT2D eigenvalue weighted by Gasteiger charge is 2.25. The number of rotatable bonds is 7. The fourth-order valence-corrected chi connectivity index (χ4v) is 2.25. The lowest BCUT2D eigenvalue weighted by atomic mass is 9.75. The van der Waals surface area contributed by atoms with Crippen molar-refractivity contribution in [1.82, 2.24) is 9.97 Å². The van der Waals surface area contributed by atoms with Crippen LogP contribution >= 0.6 is 0 Å². The Morgan fingerprint density at radius 3 is 1.88 bits per heavy atom. The van der Waals surface area contributed by atoms with E-state index in [1.54, 1.807) is 0 Å². The molecule has 0 fully saturated rings. The van der Waals surface area contributed by atoms with Gasteiger partial charge in [-0.15, -0.1) is 0 Å². The molecule has 0 spiro atoms. The van der Waals surface area contributed by atoms with E-state index < -0.39 is 0 Å². The third-order valence-electron chi connectivity index (χ3n) is 3.64. The van der Waals surface area contributed by atoms with Crippen molar-refractivity contribution in [2.45, 2.75) is 71.6 Å². The molecule has 0 amide bonds. The fourth-order valence-electron chi connectivity index (χ4n) is 2.25. The summed E-state index contributed by atoms with van der Waals surface area (Å²) < 4.78 is 0.